The first-order chi connectivity index (χ1) is 13.6. The number of rotatable bonds is 6. The maximum absolute atomic E-state index is 13.5. The van der Waals surface area contributed by atoms with Crippen LogP contribution in [-0.4, -0.2) is 70.1 Å². The molecule has 2 rings (SSSR count). The summed E-state index contributed by atoms with van der Waals surface area (Å²) in [6.45, 7) is 2.66. The molecule has 1 atom stereocenters. The summed E-state index contributed by atoms with van der Waals surface area (Å²) in [5.74, 6) is -0.512. The number of ether oxygens (including phenoxy) is 1. The van der Waals surface area contributed by atoms with Gasteiger partial charge in [-0.05, 0) is 19.8 Å². The number of carbonyl (C=O) groups excluding carboxylic acids is 1. The van der Waals surface area contributed by atoms with Crippen LogP contribution in [0, 0.1) is 0 Å². The molecule has 9 nitrogen and oxygen atoms in total. The molecule has 1 aromatic rings. The number of imidazole rings is 1. The number of hydrogen-bond donors (Lipinski definition) is 3. The highest BCUT2D eigenvalue weighted by molar-refractivity contribution is 14.0. The first kappa shape index (κ1) is 26.3. The number of aromatic nitrogens is 2. The van der Waals surface area contributed by atoms with Crippen molar-refractivity contribution in [1.82, 2.24) is 19.8 Å². The van der Waals surface area contributed by atoms with Gasteiger partial charge in [-0.2, -0.15) is 13.2 Å². The van der Waals surface area contributed by atoms with E-state index in [-0.39, 0.29) is 48.6 Å². The smallest absolute Gasteiger partial charge is 0.424 e. The third-order valence-corrected chi connectivity index (χ3v) is 4.79. The van der Waals surface area contributed by atoms with Crippen LogP contribution in [0.4, 0.5) is 18.0 Å². The van der Waals surface area contributed by atoms with Crippen LogP contribution in [0.2, 0.25) is 0 Å². The van der Waals surface area contributed by atoms with Crippen LogP contribution in [0.1, 0.15) is 32.0 Å². The number of halogens is 4. The van der Waals surface area contributed by atoms with Crippen LogP contribution >= 0.6 is 24.0 Å². The van der Waals surface area contributed by atoms with Crippen molar-refractivity contribution in [3.8, 4) is 0 Å². The number of amides is 1. The zero-order valence-corrected chi connectivity index (χ0v) is 19.2. The molecule has 0 saturated carbocycles. The molecule has 0 spiro atoms. The minimum atomic E-state index is -4.91. The quantitative estimate of drug-likeness (QED) is 0.283. The minimum Gasteiger partial charge on any atom is -0.450 e. The van der Waals surface area contributed by atoms with Gasteiger partial charge in [0.15, 0.2) is 5.96 Å². The Morgan fingerprint density at radius 3 is 2.57 bits per heavy atom. The molecule has 1 aromatic heterocycles. The predicted octanol–water partition coefficient (Wildman–Crippen LogP) is 1.70. The second kappa shape index (κ2) is 11.0. The van der Waals surface area contributed by atoms with Gasteiger partial charge in [-0.1, -0.05) is 0 Å². The molecule has 0 aromatic carbocycles. The molecule has 1 amide bonds. The summed E-state index contributed by atoms with van der Waals surface area (Å²) in [6.07, 6.45) is -2.27. The maximum Gasteiger partial charge on any atom is 0.424 e. The highest BCUT2D eigenvalue weighted by Gasteiger charge is 2.57. The number of alkyl halides is 3. The number of carbonyl (C=O) groups is 1. The summed E-state index contributed by atoms with van der Waals surface area (Å²) >= 11 is 0. The number of likely N-dealkylation sites (tertiary alicyclic amines) is 1. The van der Waals surface area contributed by atoms with E-state index in [1.54, 1.807) is 11.8 Å². The molecule has 1 saturated heterocycles. The molecule has 4 N–H and O–H groups in total. The normalized spacial score (nSPS) is 17.8. The number of nitrogens with zero attached hydrogens (tertiary/aromatic N) is 4. The van der Waals surface area contributed by atoms with E-state index < -0.39 is 24.0 Å². The van der Waals surface area contributed by atoms with Gasteiger partial charge in [-0.15, -0.1) is 24.0 Å². The van der Waals surface area contributed by atoms with E-state index in [1.165, 1.54) is 19.4 Å². The van der Waals surface area contributed by atoms with E-state index in [0.717, 1.165) is 4.57 Å². The van der Waals surface area contributed by atoms with Crippen molar-refractivity contribution in [3.05, 3.63) is 18.2 Å². The van der Waals surface area contributed by atoms with Crippen molar-refractivity contribution < 1.29 is 27.8 Å². The van der Waals surface area contributed by atoms with E-state index in [9.17, 15) is 23.1 Å². The average Bonchev–Trinajstić information content (AvgIpc) is 3.08. The fourth-order valence-corrected chi connectivity index (χ4v) is 3.16. The third kappa shape index (κ3) is 6.36. The average molecular weight is 548 g/mol. The van der Waals surface area contributed by atoms with Gasteiger partial charge in [0.1, 0.15) is 5.82 Å². The summed E-state index contributed by atoms with van der Waals surface area (Å²) in [5.41, 5.74) is 2.66. The number of aliphatic imine (C=N–C) groups is 1. The second-order valence-corrected chi connectivity index (χ2v) is 6.84. The van der Waals surface area contributed by atoms with Gasteiger partial charge in [0.05, 0.1) is 6.61 Å². The van der Waals surface area contributed by atoms with Crippen LogP contribution in [0.3, 0.4) is 0 Å². The van der Waals surface area contributed by atoms with E-state index in [2.05, 4.69) is 15.3 Å². The number of guanidine groups is 1. The number of hydrogen-bond acceptors (Lipinski definition) is 5. The number of aliphatic hydroxyl groups is 1. The Kier molecular flexibility index (Phi) is 9.65. The highest BCUT2D eigenvalue weighted by atomic mass is 127. The lowest BCUT2D eigenvalue weighted by atomic mass is 9.98. The molecular formula is C17H28F3IN6O3. The Morgan fingerprint density at radius 1 is 1.43 bits per heavy atom. The summed E-state index contributed by atoms with van der Waals surface area (Å²) < 4.78 is 46.4. The molecule has 30 heavy (non-hydrogen) atoms. The third-order valence-electron chi connectivity index (χ3n) is 4.79. The second-order valence-electron chi connectivity index (χ2n) is 6.84. The van der Waals surface area contributed by atoms with Crippen LogP contribution in [0.5, 0.6) is 0 Å². The molecule has 1 unspecified atom stereocenters. The Morgan fingerprint density at radius 2 is 2.07 bits per heavy atom. The van der Waals surface area contributed by atoms with Crippen LogP contribution in [0.25, 0.3) is 0 Å². The molecule has 1 fully saturated rings. The number of piperidine rings is 1. The molecule has 1 aliphatic heterocycles. The molecule has 172 valence electrons. The first-order valence-corrected chi connectivity index (χ1v) is 9.33. The summed E-state index contributed by atoms with van der Waals surface area (Å²) in [5, 5.41) is 13.2. The molecule has 0 radical (unpaired) electrons. The Hall–Kier alpha value is -1.77. The van der Waals surface area contributed by atoms with Crippen LogP contribution < -0.4 is 11.1 Å². The minimum absolute atomic E-state index is 0. The van der Waals surface area contributed by atoms with Crippen molar-refractivity contribution >= 4 is 36.0 Å². The fraction of sp³-hybridized carbons (Fsp3) is 0.706. The zero-order valence-electron chi connectivity index (χ0n) is 16.9. The maximum atomic E-state index is 13.5. The van der Waals surface area contributed by atoms with E-state index in [4.69, 9.17) is 10.5 Å². The van der Waals surface area contributed by atoms with E-state index in [0.29, 0.717) is 32.5 Å². The summed E-state index contributed by atoms with van der Waals surface area (Å²) in [4.78, 5) is 20.8. The number of nitrogens with two attached hydrogens (primary N) is 1. The molecule has 0 bridgehead atoms. The lowest BCUT2D eigenvalue weighted by Gasteiger charge is -2.32. The van der Waals surface area contributed by atoms with Crippen molar-refractivity contribution in [2.24, 2.45) is 17.8 Å². The lowest BCUT2D eigenvalue weighted by Crippen LogP contribution is -2.49. The van der Waals surface area contributed by atoms with Crippen LogP contribution in [-0.2, 0) is 17.4 Å². The van der Waals surface area contributed by atoms with Gasteiger partial charge in [0.2, 0.25) is 5.60 Å². The number of nitrogens with one attached hydrogen (secondary N) is 1. The van der Waals surface area contributed by atoms with Gasteiger partial charge in [-0.25, -0.2) is 9.78 Å². The first-order valence-electron chi connectivity index (χ1n) is 9.33. The Labute approximate surface area is 189 Å². The van der Waals surface area contributed by atoms with Gasteiger partial charge in [-0.3, -0.25) is 4.99 Å². The molecule has 13 heteroatoms. The Balaban J connectivity index is 0.00000450. The Bertz CT molecular complexity index is 722. The van der Waals surface area contributed by atoms with Crippen molar-refractivity contribution in [1.29, 1.82) is 0 Å². The predicted molar refractivity (Wildman–Crippen MR) is 114 cm³/mol. The topological polar surface area (TPSA) is 118 Å². The van der Waals surface area contributed by atoms with Gasteiger partial charge in [0.25, 0.3) is 0 Å². The van der Waals surface area contributed by atoms with E-state index in [1.807, 2.05) is 0 Å². The largest absolute Gasteiger partial charge is 0.450 e. The zero-order chi connectivity index (χ0) is 21.7. The van der Waals surface area contributed by atoms with Crippen molar-refractivity contribution in [3.63, 3.8) is 0 Å². The van der Waals surface area contributed by atoms with Gasteiger partial charge in [0, 0.05) is 51.5 Å². The van der Waals surface area contributed by atoms with Crippen molar-refractivity contribution in [2.75, 3.05) is 26.2 Å². The van der Waals surface area contributed by atoms with Gasteiger partial charge < -0.3 is 30.4 Å². The van der Waals surface area contributed by atoms with Crippen LogP contribution in [0.15, 0.2) is 17.4 Å². The van der Waals surface area contributed by atoms with Crippen molar-refractivity contribution in [2.45, 2.75) is 44.0 Å². The van der Waals surface area contributed by atoms with E-state index >= 15 is 0 Å². The molecular weight excluding hydrogens is 520 g/mol. The molecule has 1 aliphatic rings. The fourth-order valence-electron chi connectivity index (χ4n) is 3.16. The van der Waals surface area contributed by atoms with Gasteiger partial charge >= 0.3 is 12.3 Å². The monoisotopic (exact) mass is 548 g/mol. The lowest BCUT2D eigenvalue weighted by molar-refractivity contribution is -0.272. The molecule has 0 aliphatic carbocycles. The highest BCUT2D eigenvalue weighted by Crippen LogP contribution is 2.40. The number of aryl methyl sites for hydroxylation is 1. The molecule has 2 heterocycles. The standard InChI is InChI=1S/C17H27F3N6O3.HI/c1-3-29-15(27)26-9-4-12(5-10-26)24-14(21)23-7-6-16(28,17(18,19)20)13-22-8-11-25(13)2;/h8,11-12,28H,3-7,9-10H2,1-2H3,(H3,21,23,24);1H. The summed E-state index contributed by atoms with van der Waals surface area (Å²) in [7, 11) is 1.38. The SMILES string of the molecule is CCOC(=O)N1CCC(NC(N)=NCCC(O)(c2nccn2C)C(F)(F)F)CC1.I. The summed E-state index contributed by atoms with van der Waals surface area (Å²) in [6, 6.07) is -0.0551.